The third-order valence-electron chi connectivity index (χ3n) is 4.37. The summed E-state index contributed by atoms with van der Waals surface area (Å²) in [6.07, 6.45) is 5.74. The van der Waals surface area contributed by atoms with E-state index in [-0.39, 0.29) is 12.1 Å². The van der Waals surface area contributed by atoms with Crippen molar-refractivity contribution in [1.29, 1.82) is 0 Å². The molecule has 3 rings (SSSR count). The molecular formula is C17H21ClN4O2. The molecule has 6 nitrogen and oxygen atoms in total. The smallest absolute Gasteiger partial charge is 0.322 e. The number of benzene rings is 1. The highest BCUT2D eigenvalue weighted by atomic mass is 35.5. The lowest BCUT2D eigenvalue weighted by Crippen LogP contribution is -2.40. The second kappa shape index (κ2) is 7.13. The molecule has 2 aromatic rings. The Morgan fingerprint density at radius 2 is 2.33 bits per heavy atom. The predicted molar refractivity (Wildman–Crippen MR) is 93.7 cm³/mol. The molecule has 1 unspecified atom stereocenters. The van der Waals surface area contributed by atoms with Gasteiger partial charge in [-0.05, 0) is 31.9 Å². The SMILES string of the molecule is COc1cc(NC(=O)N2CCCC2Cn2ccnc2C)ccc1Cl. The monoisotopic (exact) mass is 348 g/mol. The number of amides is 2. The number of carbonyl (C=O) groups excluding carboxylic acids is 1. The molecule has 1 aromatic carbocycles. The molecule has 0 spiro atoms. The molecule has 128 valence electrons. The van der Waals surface area contributed by atoms with Gasteiger partial charge in [-0.1, -0.05) is 11.6 Å². The van der Waals surface area contributed by atoms with E-state index in [9.17, 15) is 4.79 Å². The largest absolute Gasteiger partial charge is 0.495 e. The van der Waals surface area contributed by atoms with E-state index in [1.54, 1.807) is 31.5 Å². The number of anilines is 1. The number of likely N-dealkylation sites (tertiary alicyclic amines) is 1. The first kappa shape index (κ1) is 16.6. The zero-order chi connectivity index (χ0) is 17.1. The number of aryl methyl sites for hydroxylation is 1. The van der Waals surface area contributed by atoms with Gasteiger partial charge in [-0.15, -0.1) is 0 Å². The number of imidazole rings is 1. The van der Waals surface area contributed by atoms with Gasteiger partial charge < -0.3 is 19.5 Å². The van der Waals surface area contributed by atoms with Gasteiger partial charge in [0.05, 0.1) is 18.2 Å². The minimum absolute atomic E-state index is 0.0976. The fraction of sp³-hybridized carbons (Fsp3) is 0.412. The maximum Gasteiger partial charge on any atom is 0.322 e. The van der Waals surface area contributed by atoms with Crippen LogP contribution in [0.3, 0.4) is 0 Å². The van der Waals surface area contributed by atoms with Crippen LogP contribution in [0.5, 0.6) is 5.75 Å². The number of halogens is 1. The molecule has 24 heavy (non-hydrogen) atoms. The third kappa shape index (κ3) is 3.48. The molecule has 0 bridgehead atoms. The van der Waals surface area contributed by atoms with Crippen LogP contribution in [-0.4, -0.2) is 40.2 Å². The summed E-state index contributed by atoms with van der Waals surface area (Å²) in [4.78, 5) is 18.8. The highest BCUT2D eigenvalue weighted by Crippen LogP contribution is 2.28. The first-order valence-corrected chi connectivity index (χ1v) is 8.35. The first-order chi connectivity index (χ1) is 11.6. The van der Waals surface area contributed by atoms with Crippen molar-refractivity contribution in [3.05, 3.63) is 41.4 Å². The van der Waals surface area contributed by atoms with Crippen LogP contribution >= 0.6 is 11.6 Å². The van der Waals surface area contributed by atoms with Crippen LogP contribution in [0, 0.1) is 6.92 Å². The Bertz CT molecular complexity index is 731. The van der Waals surface area contributed by atoms with Crippen molar-refractivity contribution < 1.29 is 9.53 Å². The quantitative estimate of drug-likeness (QED) is 0.919. The van der Waals surface area contributed by atoms with Crippen LogP contribution in [0.2, 0.25) is 5.02 Å². The second-order valence-corrected chi connectivity index (χ2v) is 6.30. The van der Waals surface area contributed by atoms with Crippen molar-refractivity contribution in [2.75, 3.05) is 19.0 Å². The van der Waals surface area contributed by atoms with Crippen LogP contribution in [0.1, 0.15) is 18.7 Å². The van der Waals surface area contributed by atoms with Crippen LogP contribution in [0.25, 0.3) is 0 Å². The lowest BCUT2D eigenvalue weighted by Gasteiger charge is -2.25. The Balaban J connectivity index is 1.68. The lowest BCUT2D eigenvalue weighted by atomic mass is 10.2. The molecule has 1 aliphatic heterocycles. The van der Waals surface area contributed by atoms with Crippen LogP contribution < -0.4 is 10.1 Å². The highest BCUT2D eigenvalue weighted by Gasteiger charge is 2.29. The van der Waals surface area contributed by atoms with E-state index < -0.39 is 0 Å². The average molecular weight is 349 g/mol. The van der Waals surface area contributed by atoms with Crippen molar-refractivity contribution in [2.45, 2.75) is 32.4 Å². The number of hydrogen-bond donors (Lipinski definition) is 1. The van der Waals surface area contributed by atoms with Crippen molar-refractivity contribution in [2.24, 2.45) is 0 Å². The highest BCUT2D eigenvalue weighted by molar-refractivity contribution is 6.32. The number of nitrogens with one attached hydrogen (secondary N) is 1. The van der Waals surface area contributed by atoms with Crippen molar-refractivity contribution in [3.8, 4) is 5.75 Å². The van der Waals surface area contributed by atoms with Gasteiger partial charge >= 0.3 is 6.03 Å². The average Bonchev–Trinajstić information content (AvgIpc) is 3.19. The van der Waals surface area contributed by atoms with E-state index in [1.165, 1.54) is 0 Å². The summed E-state index contributed by atoms with van der Waals surface area (Å²) in [5, 5.41) is 3.45. The Hall–Kier alpha value is -2.21. The molecule has 0 radical (unpaired) electrons. The van der Waals surface area contributed by atoms with Crippen LogP contribution in [0.15, 0.2) is 30.6 Å². The molecule has 2 heterocycles. The van der Waals surface area contributed by atoms with E-state index in [4.69, 9.17) is 16.3 Å². The Labute approximate surface area is 146 Å². The van der Waals surface area contributed by atoms with Gasteiger partial charge in [0.15, 0.2) is 0 Å². The zero-order valence-corrected chi connectivity index (χ0v) is 14.6. The molecule has 1 aromatic heterocycles. The van der Waals surface area contributed by atoms with Crippen LogP contribution in [0.4, 0.5) is 10.5 Å². The third-order valence-corrected chi connectivity index (χ3v) is 4.68. The summed E-state index contributed by atoms with van der Waals surface area (Å²) in [5.74, 6) is 1.51. The number of rotatable bonds is 4. The fourth-order valence-electron chi connectivity index (χ4n) is 3.05. The fourth-order valence-corrected chi connectivity index (χ4v) is 3.24. The molecule has 7 heteroatoms. The van der Waals surface area contributed by atoms with Crippen LogP contribution in [-0.2, 0) is 6.54 Å². The second-order valence-electron chi connectivity index (χ2n) is 5.90. The minimum Gasteiger partial charge on any atom is -0.495 e. The first-order valence-electron chi connectivity index (χ1n) is 7.97. The summed E-state index contributed by atoms with van der Waals surface area (Å²) in [7, 11) is 1.55. The molecule has 1 aliphatic rings. The number of ether oxygens (including phenoxy) is 1. The van der Waals surface area contributed by atoms with E-state index in [2.05, 4.69) is 14.9 Å². The van der Waals surface area contributed by atoms with Gasteiger partial charge in [-0.25, -0.2) is 9.78 Å². The van der Waals surface area contributed by atoms with Gasteiger partial charge in [0.1, 0.15) is 11.6 Å². The molecule has 1 atom stereocenters. The van der Waals surface area contributed by atoms with E-state index in [0.29, 0.717) is 16.5 Å². The molecule has 1 fully saturated rings. The summed E-state index contributed by atoms with van der Waals surface area (Å²) >= 11 is 6.02. The maximum atomic E-state index is 12.6. The van der Waals surface area contributed by atoms with Crippen molar-refractivity contribution >= 4 is 23.3 Å². The van der Waals surface area contributed by atoms with Gasteiger partial charge in [-0.2, -0.15) is 0 Å². The summed E-state index contributed by atoms with van der Waals surface area (Å²) in [5.41, 5.74) is 0.672. The molecule has 1 saturated heterocycles. The van der Waals surface area contributed by atoms with E-state index >= 15 is 0 Å². The van der Waals surface area contributed by atoms with Crippen molar-refractivity contribution in [1.82, 2.24) is 14.5 Å². The summed E-state index contributed by atoms with van der Waals surface area (Å²) in [6.45, 7) is 3.50. The molecule has 2 amide bonds. The van der Waals surface area contributed by atoms with Gasteiger partial charge in [0.2, 0.25) is 0 Å². The number of hydrogen-bond acceptors (Lipinski definition) is 3. The molecule has 0 aliphatic carbocycles. The number of methoxy groups -OCH3 is 1. The molecule has 1 N–H and O–H groups in total. The molecule has 0 saturated carbocycles. The standard InChI is InChI=1S/C17H21ClN4O2/c1-12-19-7-9-21(12)11-14-4-3-8-22(14)17(23)20-13-5-6-15(18)16(10-13)24-2/h5-7,9-10,14H,3-4,8,11H2,1-2H3,(H,20,23). The summed E-state index contributed by atoms with van der Waals surface area (Å²) < 4.78 is 7.27. The minimum atomic E-state index is -0.0976. The Morgan fingerprint density at radius 1 is 1.50 bits per heavy atom. The number of aromatic nitrogens is 2. The number of carbonyl (C=O) groups is 1. The Kier molecular flexibility index (Phi) is 4.94. The van der Waals surface area contributed by atoms with Gasteiger partial charge in [0, 0.05) is 37.2 Å². The molecular weight excluding hydrogens is 328 g/mol. The normalized spacial score (nSPS) is 17.1. The zero-order valence-electron chi connectivity index (χ0n) is 13.8. The lowest BCUT2D eigenvalue weighted by molar-refractivity contribution is 0.201. The van der Waals surface area contributed by atoms with E-state index in [0.717, 1.165) is 31.8 Å². The topological polar surface area (TPSA) is 59.4 Å². The van der Waals surface area contributed by atoms with Crippen molar-refractivity contribution in [3.63, 3.8) is 0 Å². The summed E-state index contributed by atoms with van der Waals surface area (Å²) in [6, 6.07) is 5.29. The maximum absolute atomic E-state index is 12.6. The van der Waals surface area contributed by atoms with E-state index in [1.807, 2.05) is 18.0 Å². The van der Waals surface area contributed by atoms with Gasteiger partial charge in [0.25, 0.3) is 0 Å². The van der Waals surface area contributed by atoms with Gasteiger partial charge in [-0.3, -0.25) is 0 Å². The number of nitrogens with zero attached hydrogens (tertiary/aromatic N) is 3. The number of urea groups is 1. The predicted octanol–water partition coefficient (Wildman–Crippen LogP) is 3.55. The Morgan fingerprint density at radius 3 is 3.04 bits per heavy atom.